The zero-order valence-corrected chi connectivity index (χ0v) is 9.45. The van der Waals surface area contributed by atoms with Crippen molar-refractivity contribution in [2.24, 2.45) is 11.8 Å². The zero-order chi connectivity index (χ0) is 11.4. The van der Waals surface area contributed by atoms with Gasteiger partial charge in [-0.15, -0.1) is 0 Å². The van der Waals surface area contributed by atoms with Crippen molar-refractivity contribution in [2.45, 2.75) is 49.7 Å². The molecule has 3 nitrogen and oxygen atoms in total. The first-order valence-electron chi connectivity index (χ1n) is 6.17. The monoisotopic (exact) mass is 222 g/mol. The number of hydrogen-bond acceptors (Lipinski definition) is 3. The van der Waals surface area contributed by atoms with Gasteiger partial charge in [-0.2, -0.15) is 0 Å². The van der Waals surface area contributed by atoms with Crippen LogP contribution in [0.4, 0.5) is 0 Å². The Morgan fingerprint density at radius 1 is 1.38 bits per heavy atom. The molecular weight excluding hydrogens is 204 g/mol. The molecule has 0 spiro atoms. The smallest absolute Gasteiger partial charge is 0.330 e. The third kappa shape index (κ3) is 1.15. The zero-order valence-electron chi connectivity index (χ0n) is 9.45. The predicted molar refractivity (Wildman–Crippen MR) is 58.7 cm³/mol. The first-order valence-corrected chi connectivity index (χ1v) is 6.17. The SMILES string of the molecule is C=CC(=O)OC12CCC(O)(C1)C1CCCC12. The van der Waals surface area contributed by atoms with E-state index in [1.54, 1.807) is 0 Å². The van der Waals surface area contributed by atoms with Crippen LogP contribution in [0.2, 0.25) is 0 Å². The molecule has 4 unspecified atom stereocenters. The highest BCUT2D eigenvalue weighted by Gasteiger charge is 2.67. The van der Waals surface area contributed by atoms with Crippen LogP contribution in [0, 0.1) is 11.8 Å². The fraction of sp³-hybridized carbons (Fsp3) is 0.769. The maximum absolute atomic E-state index is 11.4. The summed E-state index contributed by atoms with van der Waals surface area (Å²) < 4.78 is 5.60. The van der Waals surface area contributed by atoms with Crippen LogP contribution >= 0.6 is 0 Å². The second-order valence-electron chi connectivity index (χ2n) is 5.61. The van der Waals surface area contributed by atoms with Gasteiger partial charge in [0.05, 0.1) is 5.60 Å². The van der Waals surface area contributed by atoms with Gasteiger partial charge < -0.3 is 9.84 Å². The number of hydrogen-bond donors (Lipinski definition) is 1. The molecule has 3 aliphatic carbocycles. The first kappa shape index (κ1) is 10.3. The predicted octanol–water partition coefficient (Wildman–Crippen LogP) is 1.80. The highest BCUT2D eigenvalue weighted by atomic mass is 16.6. The van der Waals surface area contributed by atoms with Gasteiger partial charge in [-0.05, 0) is 31.6 Å². The molecule has 0 aromatic carbocycles. The highest BCUT2D eigenvalue weighted by molar-refractivity contribution is 5.81. The lowest BCUT2D eigenvalue weighted by Crippen LogP contribution is -2.40. The Morgan fingerprint density at radius 3 is 2.88 bits per heavy atom. The third-order valence-corrected chi connectivity index (χ3v) is 4.94. The van der Waals surface area contributed by atoms with Crippen LogP contribution in [0.3, 0.4) is 0 Å². The molecule has 0 aromatic heterocycles. The van der Waals surface area contributed by atoms with Crippen molar-refractivity contribution in [3.8, 4) is 0 Å². The van der Waals surface area contributed by atoms with Crippen molar-refractivity contribution >= 4 is 5.97 Å². The van der Waals surface area contributed by atoms with Crippen LogP contribution in [-0.2, 0) is 9.53 Å². The summed E-state index contributed by atoms with van der Waals surface area (Å²) in [6.45, 7) is 3.45. The van der Waals surface area contributed by atoms with Crippen LogP contribution in [0.25, 0.3) is 0 Å². The molecule has 0 saturated heterocycles. The second kappa shape index (κ2) is 3.10. The molecule has 3 aliphatic rings. The summed E-state index contributed by atoms with van der Waals surface area (Å²) in [5.74, 6) is 0.408. The van der Waals surface area contributed by atoms with Gasteiger partial charge in [0, 0.05) is 18.4 Å². The number of rotatable bonds is 2. The molecule has 0 amide bonds. The average Bonchev–Trinajstić information content (AvgIpc) is 2.88. The summed E-state index contributed by atoms with van der Waals surface area (Å²) in [4.78, 5) is 11.4. The van der Waals surface area contributed by atoms with Gasteiger partial charge in [-0.25, -0.2) is 4.79 Å². The number of esters is 1. The van der Waals surface area contributed by atoms with Crippen molar-refractivity contribution in [3.05, 3.63) is 12.7 Å². The molecule has 3 saturated carbocycles. The molecule has 88 valence electrons. The van der Waals surface area contributed by atoms with E-state index in [1.807, 2.05) is 0 Å². The van der Waals surface area contributed by atoms with E-state index in [4.69, 9.17) is 4.74 Å². The van der Waals surface area contributed by atoms with Crippen molar-refractivity contribution in [1.82, 2.24) is 0 Å². The van der Waals surface area contributed by atoms with E-state index in [0.717, 1.165) is 32.1 Å². The van der Waals surface area contributed by atoms with Crippen molar-refractivity contribution in [1.29, 1.82) is 0 Å². The minimum Gasteiger partial charge on any atom is -0.456 e. The van der Waals surface area contributed by atoms with Crippen LogP contribution in [-0.4, -0.2) is 22.3 Å². The van der Waals surface area contributed by atoms with Crippen molar-refractivity contribution in [3.63, 3.8) is 0 Å². The van der Waals surface area contributed by atoms with E-state index in [1.165, 1.54) is 6.08 Å². The fourth-order valence-electron chi connectivity index (χ4n) is 4.39. The summed E-state index contributed by atoms with van der Waals surface area (Å²) in [6.07, 6.45) is 6.84. The molecule has 0 heterocycles. The van der Waals surface area contributed by atoms with E-state index in [-0.39, 0.29) is 11.6 Å². The Kier molecular flexibility index (Phi) is 2.00. The van der Waals surface area contributed by atoms with Crippen LogP contribution in [0.1, 0.15) is 38.5 Å². The van der Waals surface area contributed by atoms with Gasteiger partial charge in [0.2, 0.25) is 0 Å². The maximum Gasteiger partial charge on any atom is 0.330 e. The Balaban J connectivity index is 1.90. The normalized spacial score (nSPS) is 49.1. The van der Waals surface area contributed by atoms with Crippen molar-refractivity contribution in [2.75, 3.05) is 0 Å². The lowest BCUT2D eigenvalue weighted by molar-refractivity contribution is -0.158. The maximum atomic E-state index is 11.4. The molecule has 3 rings (SSSR count). The van der Waals surface area contributed by atoms with Crippen LogP contribution < -0.4 is 0 Å². The third-order valence-electron chi connectivity index (χ3n) is 4.94. The molecular formula is C13H18O3. The van der Waals surface area contributed by atoms with E-state index in [0.29, 0.717) is 18.3 Å². The van der Waals surface area contributed by atoms with E-state index in [2.05, 4.69) is 6.58 Å². The minimum atomic E-state index is -0.553. The highest BCUT2D eigenvalue weighted by Crippen LogP contribution is 2.64. The summed E-state index contributed by atoms with van der Waals surface area (Å²) in [7, 11) is 0. The largest absolute Gasteiger partial charge is 0.456 e. The molecule has 3 fully saturated rings. The summed E-state index contributed by atoms with van der Waals surface area (Å²) in [6, 6.07) is 0. The lowest BCUT2D eigenvalue weighted by Gasteiger charge is -2.36. The summed E-state index contributed by atoms with van der Waals surface area (Å²) >= 11 is 0. The second-order valence-corrected chi connectivity index (χ2v) is 5.61. The van der Waals surface area contributed by atoms with Gasteiger partial charge in [-0.1, -0.05) is 13.0 Å². The molecule has 0 aliphatic heterocycles. The Bertz CT molecular complexity index is 351. The Hall–Kier alpha value is -0.830. The summed E-state index contributed by atoms with van der Waals surface area (Å²) in [5, 5.41) is 10.5. The number of carbonyl (C=O) groups is 1. The van der Waals surface area contributed by atoms with E-state index in [9.17, 15) is 9.90 Å². The topological polar surface area (TPSA) is 46.5 Å². The van der Waals surface area contributed by atoms with Gasteiger partial charge in [0.25, 0.3) is 0 Å². The molecule has 3 heteroatoms. The van der Waals surface area contributed by atoms with Gasteiger partial charge >= 0.3 is 5.97 Å². The Morgan fingerprint density at radius 2 is 2.12 bits per heavy atom. The van der Waals surface area contributed by atoms with E-state index < -0.39 is 5.60 Å². The number of ether oxygens (including phenoxy) is 1. The molecule has 1 N–H and O–H groups in total. The molecule has 2 bridgehead atoms. The number of carbonyl (C=O) groups excluding carboxylic acids is 1. The number of aliphatic hydroxyl groups is 1. The minimum absolute atomic E-state index is 0.336. The molecule has 0 aromatic rings. The molecule has 0 radical (unpaired) electrons. The van der Waals surface area contributed by atoms with E-state index >= 15 is 0 Å². The average molecular weight is 222 g/mol. The summed E-state index contributed by atoms with van der Waals surface area (Å²) in [5.41, 5.74) is -0.927. The number of fused-ring (bicyclic) bond motifs is 5. The first-order chi connectivity index (χ1) is 7.60. The molecule has 16 heavy (non-hydrogen) atoms. The van der Waals surface area contributed by atoms with Crippen molar-refractivity contribution < 1.29 is 14.6 Å². The van der Waals surface area contributed by atoms with Gasteiger partial charge in [0.15, 0.2) is 0 Å². The standard InChI is InChI=1S/C13H18O3/c1-2-11(14)16-13-7-6-12(15,8-13)9-4-3-5-10(9)13/h2,9-10,15H,1,3-8H2. The lowest BCUT2D eigenvalue weighted by atomic mass is 9.77. The molecule has 4 atom stereocenters. The fourth-order valence-corrected chi connectivity index (χ4v) is 4.39. The van der Waals surface area contributed by atoms with Gasteiger partial charge in [-0.3, -0.25) is 0 Å². The van der Waals surface area contributed by atoms with Crippen LogP contribution in [0.5, 0.6) is 0 Å². The van der Waals surface area contributed by atoms with Crippen LogP contribution in [0.15, 0.2) is 12.7 Å². The Labute approximate surface area is 95.5 Å². The quantitative estimate of drug-likeness (QED) is 0.572. The van der Waals surface area contributed by atoms with Gasteiger partial charge in [0.1, 0.15) is 5.60 Å².